The quantitative estimate of drug-likeness (QED) is 0.807. The van der Waals surface area contributed by atoms with Crippen LogP contribution >= 0.6 is 12.2 Å². The van der Waals surface area contributed by atoms with Crippen LogP contribution in [0.4, 0.5) is 0 Å². The summed E-state index contributed by atoms with van der Waals surface area (Å²) in [6.45, 7) is 1.10. The Morgan fingerprint density at radius 1 is 1.19 bits per heavy atom. The first-order chi connectivity index (χ1) is 9.99. The van der Waals surface area contributed by atoms with Crippen LogP contribution in [0.25, 0.3) is 0 Å². The maximum Gasteiger partial charge on any atom is 0.254 e. The van der Waals surface area contributed by atoms with Gasteiger partial charge in [-0.15, -0.1) is 0 Å². The first-order valence-electron chi connectivity index (χ1n) is 6.94. The average Bonchev–Trinajstić information content (AvgIpc) is 2.46. The van der Waals surface area contributed by atoms with Crippen molar-refractivity contribution < 1.29 is 9.59 Å². The number of carbonyl (C=O) groups excluding carboxylic acids is 2. The van der Waals surface area contributed by atoms with Crippen molar-refractivity contribution in [1.29, 1.82) is 0 Å². The first-order valence-corrected chi connectivity index (χ1v) is 7.34. The highest BCUT2D eigenvalue weighted by Gasteiger charge is 2.27. The Morgan fingerprint density at radius 3 is 2.38 bits per heavy atom. The zero-order chi connectivity index (χ0) is 15.4. The van der Waals surface area contributed by atoms with Crippen LogP contribution in [0.5, 0.6) is 0 Å². The monoisotopic (exact) mass is 305 g/mol. The summed E-state index contributed by atoms with van der Waals surface area (Å²) in [6.07, 6.45) is 1.66. The second-order valence-corrected chi connectivity index (χ2v) is 5.79. The fourth-order valence-corrected chi connectivity index (χ4v) is 2.76. The SMILES string of the molecule is NC(=O)C1CCN(C(=O)c2ccccc2CC(N)=S)CC1. The van der Waals surface area contributed by atoms with E-state index in [0.717, 1.165) is 5.56 Å². The maximum atomic E-state index is 12.6. The number of likely N-dealkylation sites (tertiary alicyclic amines) is 1. The highest BCUT2D eigenvalue weighted by Crippen LogP contribution is 2.20. The highest BCUT2D eigenvalue weighted by atomic mass is 32.1. The lowest BCUT2D eigenvalue weighted by atomic mass is 9.95. The molecule has 0 bridgehead atoms. The number of hydrogen-bond acceptors (Lipinski definition) is 3. The minimum absolute atomic E-state index is 0.0372. The number of nitrogens with two attached hydrogens (primary N) is 2. The number of thiocarbonyl (C=S) groups is 1. The van der Waals surface area contributed by atoms with Crippen LogP contribution in [0.1, 0.15) is 28.8 Å². The molecule has 1 saturated heterocycles. The van der Waals surface area contributed by atoms with E-state index in [1.54, 1.807) is 11.0 Å². The second kappa shape index (κ2) is 6.67. The van der Waals surface area contributed by atoms with Crippen molar-refractivity contribution in [2.45, 2.75) is 19.3 Å². The molecule has 4 N–H and O–H groups in total. The minimum Gasteiger partial charge on any atom is -0.393 e. The normalized spacial score (nSPS) is 15.7. The van der Waals surface area contributed by atoms with Gasteiger partial charge in [-0.3, -0.25) is 9.59 Å². The largest absolute Gasteiger partial charge is 0.393 e. The number of nitrogens with zero attached hydrogens (tertiary/aromatic N) is 1. The lowest BCUT2D eigenvalue weighted by Gasteiger charge is -2.31. The van der Waals surface area contributed by atoms with Crippen LogP contribution in [-0.4, -0.2) is 34.8 Å². The number of hydrogen-bond donors (Lipinski definition) is 2. The predicted octanol–water partition coefficient (Wildman–Crippen LogP) is 0.853. The summed E-state index contributed by atoms with van der Waals surface area (Å²) < 4.78 is 0. The Kier molecular flexibility index (Phi) is 4.90. The molecule has 0 radical (unpaired) electrons. The van der Waals surface area contributed by atoms with E-state index >= 15 is 0 Å². The van der Waals surface area contributed by atoms with Gasteiger partial charge in [0.15, 0.2) is 0 Å². The lowest BCUT2D eigenvalue weighted by Crippen LogP contribution is -2.42. The molecule has 1 fully saturated rings. The second-order valence-electron chi connectivity index (χ2n) is 5.27. The van der Waals surface area contributed by atoms with E-state index in [2.05, 4.69) is 0 Å². The van der Waals surface area contributed by atoms with Crippen LogP contribution in [0, 0.1) is 5.92 Å². The van der Waals surface area contributed by atoms with Gasteiger partial charge >= 0.3 is 0 Å². The molecule has 1 aliphatic rings. The van der Waals surface area contributed by atoms with E-state index < -0.39 is 0 Å². The third kappa shape index (κ3) is 3.78. The Balaban J connectivity index is 2.11. The fourth-order valence-electron chi connectivity index (χ4n) is 2.61. The van der Waals surface area contributed by atoms with Crippen molar-refractivity contribution in [1.82, 2.24) is 4.90 Å². The molecule has 21 heavy (non-hydrogen) atoms. The Bertz CT molecular complexity index is 566. The molecule has 0 atom stereocenters. The van der Waals surface area contributed by atoms with Gasteiger partial charge in [-0.1, -0.05) is 30.4 Å². The Morgan fingerprint density at radius 2 is 1.81 bits per heavy atom. The number of amides is 2. The van der Waals surface area contributed by atoms with E-state index in [1.807, 2.05) is 18.2 Å². The molecule has 112 valence electrons. The van der Waals surface area contributed by atoms with E-state index in [9.17, 15) is 9.59 Å². The summed E-state index contributed by atoms with van der Waals surface area (Å²) in [4.78, 5) is 25.9. The molecule has 0 saturated carbocycles. The molecule has 1 aliphatic heterocycles. The zero-order valence-electron chi connectivity index (χ0n) is 11.7. The lowest BCUT2D eigenvalue weighted by molar-refractivity contribution is -0.123. The highest BCUT2D eigenvalue weighted by molar-refractivity contribution is 7.80. The number of benzene rings is 1. The molecule has 0 aliphatic carbocycles. The average molecular weight is 305 g/mol. The summed E-state index contributed by atoms with van der Waals surface area (Å²) in [5.41, 5.74) is 12.4. The smallest absolute Gasteiger partial charge is 0.254 e. The van der Waals surface area contributed by atoms with Crippen molar-refractivity contribution in [2.75, 3.05) is 13.1 Å². The molecule has 1 heterocycles. The molecule has 1 aromatic rings. The van der Waals surface area contributed by atoms with Crippen LogP contribution < -0.4 is 11.5 Å². The third-order valence-electron chi connectivity index (χ3n) is 3.80. The van der Waals surface area contributed by atoms with Crippen molar-refractivity contribution in [3.05, 3.63) is 35.4 Å². The van der Waals surface area contributed by atoms with Gasteiger partial charge in [0.05, 0.1) is 4.99 Å². The molecule has 0 spiro atoms. The Labute approximate surface area is 129 Å². The first kappa shape index (κ1) is 15.4. The summed E-state index contributed by atoms with van der Waals surface area (Å²) in [5, 5.41) is 0. The van der Waals surface area contributed by atoms with E-state index in [1.165, 1.54) is 0 Å². The minimum atomic E-state index is -0.282. The van der Waals surface area contributed by atoms with E-state index in [0.29, 0.717) is 42.9 Å². The summed E-state index contributed by atoms with van der Waals surface area (Å²) in [7, 11) is 0. The van der Waals surface area contributed by atoms with E-state index in [-0.39, 0.29) is 17.7 Å². The van der Waals surface area contributed by atoms with Gasteiger partial charge in [-0.05, 0) is 24.5 Å². The molecular formula is C15H19N3O2S. The molecule has 2 rings (SSSR count). The molecule has 2 amide bonds. The predicted molar refractivity (Wildman–Crippen MR) is 84.8 cm³/mol. The van der Waals surface area contributed by atoms with Gasteiger partial charge in [0.25, 0.3) is 5.91 Å². The molecule has 5 nitrogen and oxygen atoms in total. The fraction of sp³-hybridized carbons (Fsp3) is 0.400. The zero-order valence-corrected chi connectivity index (χ0v) is 12.6. The molecule has 0 aromatic heterocycles. The summed E-state index contributed by atoms with van der Waals surface area (Å²) in [5.74, 6) is -0.443. The molecular weight excluding hydrogens is 286 g/mol. The van der Waals surface area contributed by atoms with Gasteiger partial charge in [0.2, 0.25) is 5.91 Å². The van der Waals surface area contributed by atoms with Crippen LogP contribution in [0.2, 0.25) is 0 Å². The molecule has 6 heteroatoms. The van der Waals surface area contributed by atoms with Crippen molar-refractivity contribution >= 4 is 29.0 Å². The van der Waals surface area contributed by atoms with Gasteiger partial charge in [0.1, 0.15) is 0 Å². The van der Waals surface area contributed by atoms with Crippen LogP contribution in [0.3, 0.4) is 0 Å². The Hall–Kier alpha value is -1.95. The van der Waals surface area contributed by atoms with Crippen LogP contribution in [-0.2, 0) is 11.2 Å². The van der Waals surface area contributed by atoms with Gasteiger partial charge in [-0.2, -0.15) is 0 Å². The number of rotatable bonds is 4. The maximum absolute atomic E-state index is 12.6. The number of carbonyl (C=O) groups is 2. The third-order valence-corrected chi connectivity index (χ3v) is 3.94. The standard InChI is InChI=1S/C15H19N3O2S/c16-13(21)9-11-3-1-2-4-12(11)15(20)18-7-5-10(6-8-18)14(17)19/h1-4,10H,5-9H2,(H2,16,21)(H2,17,19). The van der Waals surface area contributed by atoms with Gasteiger partial charge < -0.3 is 16.4 Å². The number of primary amides is 1. The topological polar surface area (TPSA) is 89.4 Å². The van der Waals surface area contributed by atoms with Crippen molar-refractivity contribution in [3.8, 4) is 0 Å². The van der Waals surface area contributed by atoms with Crippen molar-refractivity contribution in [2.24, 2.45) is 17.4 Å². The van der Waals surface area contributed by atoms with Gasteiger partial charge in [0, 0.05) is 31.0 Å². The van der Waals surface area contributed by atoms with Gasteiger partial charge in [-0.25, -0.2) is 0 Å². The molecule has 1 aromatic carbocycles. The number of piperidine rings is 1. The molecule has 0 unspecified atom stereocenters. The summed E-state index contributed by atoms with van der Waals surface area (Å²) in [6, 6.07) is 7.34. The van der Waals surface area contributed by atoms with E-state index in [4.69, 9.17) is 23.7 Å². The van der Waals surface area contributed by atoms with Crippen molar-refractivity contribution in [3.63, 3.8) is 0 Å². The summed E-state index contributed by atoms with van der Waals surface area (Å²) >= 11 is 4.93. The van der Waals surface area contributed by atoms with Crippen LogP contribution in [0.15, 0.2) is 24.3 Å².